The van der Waals surface area contributed by atoms with Crippen molar-refractivity contribution in [1.29, 1.82) is 0 Å². The predicted octanol–water partition coefficient (Wildman–Crippen LogP) is 1.54. The van der Waals surface area contributed by atoms with Crippen molar-refractivity contribution in [2.75, 3.05) is 25.5 Å². The first-order valence-corrected chi connectivity index (χ1v) is 5.88. The van der Waals surface area contributed by atoms with Gasteiger partial charge in [0, 0.05) is 31.8 Å². The average molecular weight is 205 g/mol. The Hall–Kier alpha value is -1.02. The maximum Gasteiger partial charge on any atom is 0.112 e. The summed E-state index contributed by atoms with van der Waals surface area (Å²) in [6.45, 7) is 1.29. The van der Waals surface area contributed by atoms with Gasteiger partial charge in [-0.1, -0.05) is 12.1 Å². The Morgan fingerprint density at radius 3 is 2.40 bits per heavy atom. The molecule has 1 aliphatic heterocycles. The molecular formula is C13H21N2+. The van der Waals surface area contributed by atoms with Crippen LogP contribution in [0.3, 0.4) is 0 Å². The largest absolute Gasteiger partial charge is 0.378 e. The molecule has 0 unspecified atom stereocenters. The summed E-state index contributed by atoms with van der Waals surface area (Å²) in [5.74, 6) is 0. The van der Waals surface area contributed by atoms with Crippen molar-refractivity contribution in [3.8, 4) is 0 Å². The van der Waals surface area contributed by atoms with Gasteiger partial charge < -0.3 is 10.2 Å². The summed E-state index contributed by atoms with van der Waals surface area (Å²) in [6, 6.07) is 9.70. The number of anilines is 1. The second kappa shape index (κ2) is 4.67. The molecule has 1 heterocycles. The fraction of sp³-hybridized carbons (Fsp3) is 0.538. The van der Waals surface area contributed by atoms with Crippen molar-refractivity contribution in [1.82, 2.24) is 0 Å². The lowest BCUT2D eigenvalue weighted by Gasteiger charge is -2.21. The van der Waals surface area contributed by atoms with Crippen molar-refractivity contribution < 1.29 is 5.32 Å². The van der Waals surface area contributed by atoms with Gasteiger partial charge in [0.15, 0.2) is 0 Å². The van der Waals surface area contributed by atoms with Gasteiger partial charge in [0.1, 0.15) is 6.04 Å². The van der Waals surface area contributed by atoms with E-state index in [-0.39, 0.29) is 0 Å². The summed E-state index contributed by atoms with van der Waals surface area (Å²) in [5, 5.41) is 2.48. The Morgan fingerprint density at radius 2 is 1.87 bits per heavy atom. The molecule has 2 nitrogen and oxygen atoms in total. The standard InChI is InChI=1S/C13H20N2/c1-15(2)12-8-6-11(7-9-12)13-5-3-4-10-14-13/h6-9,13-14H,3-5,10H2,1-2H3/p+1/t13-/m0/s1. The molecule has 2 heteroatoms. The van der Waals surface area contributed by atoms with Crippen molar-refractivity contribution in [3.63, 3.8) is 0 Å². The lowest BCUT2D eigenvalue weighted by Crippen LogP contribution is -2.86. The van der Waals surface area contributed by atoms with E-state index in [2.05, 4.69) is 48.6 Å². The molecule has 2 rings (SSSR count). The Labute approximate surface area is 92.3 Å². The first-order chi connectivity index (χ1) is 7.27. The lowest BCUT2D eigenvalue weighted by atomic mass is 9.97. The third kappa shape index (κ3) is 2.51. The highest BCUT2D eigenvalue weighted by Crippen LogP contribution is 2.20. The Balaban J connectivity index is 2.08. The third-order valence-corrected chi connectivity index (χ3v) is 3.26. The van der Waals surface area contributed by atoms with E-state index >= 15 is 0 Å². The van der Waals surface area contributed by atoms with Crippen LogP contribution in [0, 0.1) is 0 Å². The third-order valence-electron chi connectivity index (χ3n) is 3.26. The van der Waals surface area contributed by atoms with Crippen molar-refractivity contribution in [3.05, 3.63) is 29.8 Å². The quantitative estimate of drug-likeness (QED) is 0.776. The number of rotatable bonds is 2. The number of hydrogen-bond acceptors (Lipinski definition) is 1. The van der Waals surface area contributed by atoms with Crippen LogP contribution in [0.25, 0.3) is 0 Å². The second-order valence-corrected chi connectivity index (χ2v) is 4.61. The molecule has 1 aromatic rings. The van der Waals surface area contributed by atoms with Crippen LogP contribution in [0.15, 0.2) is 24.3 Å². The molecule has 0 bridgehead atoms. The highest BCUT2D eigenvalue weighted by atomic mass is 15.1. The molecule has 0 saturated carbocycles. The second-order valence-electron chi connectivity index (χ2n) is 4.61. The van der Waals surface area contributed by atoms with Crippen molar-refractivity contribution in [2.45, 2.75) is 25.3 Å². The van der Waals surface area contributed by atoms with E-state index in [1.807, 2.05) is 0 Å². The first-order valence-electron chi connectivity index (χ1n) is 5.88. The fourth-order valence-electron chi connectivity index (χ4n) is 2.27. The number of piperidine rings is 1. The zero-order valence-corrected chi connectivity index (χ0v) is 9.74. The van der Waals surface area contributed by atoms with Crippen LogP contribution in [0.4, 0.5) is 5.69 Å². The molecular weight excluding hydrogens is 184 g/mol. The zero-order chi connectivity index (χ0) is 10.7. The Bertz CT molecular complexity index is 297. The summed E-state index contributed by atoms with van der Waals surface area (Å²) >= 11 is 0. The van der Waals surface area contributed by atoms with E-state index < -0.39 is 0 Å². The van der Waals surface area contributed by atoms with Crippen molar-refractivity contribution in [2.24, 2.45) is 0 Å². The molecule has 1 fully saturated rings. The van der Waals surface area contributed by atoms with Gasteiger partial charge in [-0.3, -0.25) is 0 Å². The molecule has 1 aliphatic rings. The van der Waals surface area contributed by atoms with Crippen LogP contribution < -0.4 is 10.2 Å². The van der Waals surface area contributed by atoms with E-state index in [4.69, 9.17) is 0 Å². The Kier molecular flexibility index (Phi) is 3.27. The minimum atomic E-state index is 0.704. The highest BCUT2D eigenvalue weighted by Gasteiger charge is 2.17. The van der Waals surface area contributed by atoms with Gasteiger partial charge in [0.2, 0.25) is 0 Å². The summed E-state index contributed by atoms with van der Waals surface area (Å²) in [6.07, 6.45) is 4.10. The molecule has 0 amide bonds. The molecule has 15 heavy (non-hydrogen) atoms. The van der Waals surface area contributed by atoms with Crippen LogP contribution in [-0.2, 0) is 0 Å². The summed E-state index contributed by atoms with van der Waals surface area (Å²) in [7, 11) is 4.17. The summed E-state index contributed by atoms with van der Waals surface area (Å²) in [4.78, 5) is 2.15. The number of benzene rings is 1. The minimum absolute atomic E-state index is 0.704. The molecule has 1 saturated heterocycles. The van der Waals surface area contributed by atoms with E-state index in [1.54, 1.807) is 0 Å². The number of hydrogen-bond donors (Lipinski definition) is 1. The first kappa shape index (κ1) is 10.5. The van der Waals surface area contributed by atoms with Gasteiger partial charge in [-0.25, -0.2) is 0 Å². The predicted molar refractivity (Wildman–Crippen MR) is 64.2 cm³/mol. The van der Waals surface area contributed by atoms with Gasteiger partial charge >= 0.3 is 0 Å². The van der Waals surface area contributed by atoms with Gasteiger partial charge in [-0.2, -0.15) is 0 Å². The zero-order valence-electron chi connectivity index (χ0n) is 9.74. The van der Waals surface area contributed by atoms with E-state index in [0.717, 1.165) is 0 Å². The van der Waals surface area contributed by atoms with Crippen LogP contribution in [0.2, 0.25) is 0 Å². The minimum Gasteiger partial charge on any atom is -0.378 e. The molecule has 0 spiro atoms. The normalized spacial score (nSPS) is 21.3. The van der Waals surface area contributed by atoms with Gasteiger partial charge in [-0.15, -0.1) is 0 Å². The van der Waals surface area contributed by atoms with Gasteiger partial charge in [0.25, 0.3) is 0 Å². The van der Waals surface area contributed by atoms with Crippen molar-refractivity contribution >= 4 is 5.69 Å². The van der Waals surface area contributed by atoms with Crippen LogP contribution in [0.5, 0.6) is 0 Å². The molecule has 1 aromatic carbocycles. The average Bonchev–Trinajstić information content (AvgIpc) is 2.30. The SMILES string of the molecule is CN(C)c1ccc([C@@H]2CCCC[NH2+]2)cc1. The molecule has 0 aromatic heterocycles. The van der Waals surface area contributed by atoms with Crippen LogP contribution >= 0.6 is 0 Å². The van der Waals surface area contributed by atoms with Gasteiger partial charge in [0.05, 0.1) is 6.54 Å². The topological polar surface area (TPSA) is 19.9 Å². The molecule has 1 atom stereocenters. The lowest BCUT2D eigenvalue weighted by molar-refractivity contribution is -0.704. The fourth-order valence-corrected chi connectivity index (χ4v) is 2.27. The summed E-state index contributed by atoms with van der Waals surface area (Å²) < 4.78 is 0. The molecule has 2 N–H and O–H groups in total. The highest BCUT2D eigenvalue weighted by molar-refractivity contribution is 5.46. The molecule has 82 valence electrons. The van der Waals surface area contributed by atoms with Crippen LogP contribution in [-0.4, -0.2) is 20.6 Å². The monoisotopic (exact) mass is 205 g/mol. The number of nitrogens with zero attached hydrogens (tertiary/aromatic N) is 1. The maximum absolute atomic E-state index is 2.48. The van der Waals surface area contributed by atoms with Gasteiger partial charge in [-0.05, 0) is 25.0 Å². The molecule has 0 radical (unpaired) electrons. The number of nitrogens with two attached hydrogens (primary N) is 1. The number of quaternary nitrogens is 1. The van der Waals surface area contributed by atoms with E-state index in [1.165, 1.54) is 37.1 Å². The van der Waals surface area contributed by atoms with E-state index in [9.17, 15) is 0 Å². The molecule has 0 aliphatic carbocycles. The van der Waals surface area contributed by atoms with Crippen LogP contribution in [0.1, 0.15) is 30.9 Å². The maximum atomic E-state index is 2.48. The summed E-state index contributed by atoms with van der Waals surface area (Å²) in [5.41, 5.74) is 2.77. The smallest absolute Gasteiger partial charge is 0.112 e. The van der Waals surface area contributed by atoms with E-state index in [0.29, 0.717) is 6.04 Å². The Morgan fingerprint density at radius 1 is 1.13 bits per heavy atom.